The predicted molar refractivity (Wildman–Crippen MR) is 94.7 cm³/mol. The van der Waals surface area contributed by atoms with Crippen molar-refractivity contribution < 1.29 is 13.6 Å². The number of rotatable bonds is 5. The van der Waals surface area contributed by atoms with E-state index in [1.165, 1.54) is 0 Å². The summed E-state index contributed by atoms with van der Waals surface area (Å²) in [5, 5.41) is 2.55. The second-order valence-corrected chi connectivity index (χ2v) is 6.55. The highest BCUT2D eigenvalue weighted by atomic mass is 19.3. The van der Waals surface area contributed by atoms with Crippen LogP contribution in [-0.4, -0.2) is 46.3 Å². The lowest BCUT2D eigenvalue weighted by Crippen LogP contribution is -2.54. The molecule has 1 fully saturated rings. The molecule has 1 aliphatic rings. The summed E-state index contributed by atoms with van der Waals surface area (Å²) in [6.07, 6.45) is 2.01. The normalized spacial score (nSPS) is 19.9. The third kappa shape index (κ3) is 4.20. The van der Waals surface area contributed by atoms with Crippen molar-refractivity contribution in [3.8, 4) is 11.3 Å². The molecule has 2 aromatic rings. The average Bonchev–Trinajstić information content (AvgIpc) is 2.59. The van der Waals surface area contributed by atoms with E-state index < -0.39 is 12.0 Å². The van der Waals surface area contributed by atoms with Crippen LogP contribution in [0.1, 0.15) is 17.7 Å². The SMILES string of the molecule is Cc1ccc(-c2cc(CN3CCC(F)(F)C(N)C3)cc(NC=O)n2)cn1. The van der Waals surface area contributed by atoms with Gasteiger partial charge in [-0.15, -0.1) is 0 Å². The Morgan fingerprint density at radius 1 is 1.42 bits per heavy atom. The van der Waals surface area contributed by atoms with E-state index in [4.69, 9.17) is 5.73 Å². The van der Waals surface area contributed by atoms with E-state index in [-0.39, 0.29) is 19.5 Å². The van der Waals surface area contributed by atoms with Crippen molar-refractivity contribution in [1.29, 1.82) is 0 Å². The lowest BCUT2D eigenvalue weighted by Gasteiger charge is -2.36. The highest BCUT2D eigenvalue weighted by molar-refractivity contribution is 5.71. The lowest BCUT2D eigenvalue weighted by molar-refractivity contribution is -0.105. The second-order valence-electron chi connectivity index (χ2n) is 6.55. The summed E-state index contributed by atoms with van der Waals surface area (Å²) in [4.78, 5) is 21.4. The summed E-state index contributed by atoms with van der Waals surface area (Å²) in [5.41, 5.74) is 8.82. The minimum atomic E-state index is -2.82. The molecule has 3 heterocycles. The number of carbonyl (C=O) groups is 1. The standard InChI is InChI=1S/C18H21F2N5O/c1-12-2-3-14(8-22-12)15-6-13(7-17(24-15)23-11-26)9-25-5-4-18(19,20)16(21)10-25/h2-3,6-8,11,16H,4-5,9-10,21H2,1H3,(H,23,24,26). The molecule has 0 saturated carbocycles. The lowest BCUT2D eigenvalue weighted by atomic mass is 10.0. The van der Waals surface area contributed by atoms with Crippen LogP contribution in [0.5, 0.6) is 0 Å². The number of halogens is 2. The molecule has 8 heteroatoms. The molecule has 1 atom stereocenters. The number of anilines is 1. The molecule has 0 bridgehead atoms. The van der Waals surface area contributed by atoms with Crippen molar-refractivity contribution in [3.05, 3.63) is 41.7 Å². The number of piperidine rings is 1. The van der Waals surface area contributed by atoms with Gasteiger partial charge in [-0.1, -0.05) is 0 Å². The van der Waals surface area contributed by atoms with Gasteiger partial charge in [-0.05, 0) is 36.8 Å². The van der Waals surface area contributed by atoms with E-state index in [0.29, 0.717) is 24.5 Å². The molecule has 1 saturated heterocycles. The van der Waals surface area contributed by atoms with Crippen molar-refractivity contribution in [3.63, 3.8) is 0 Å². The van der Waals surface area contributed by atoms with E-state index in [1.807, 2.05) is 30.0 Å². The molecule has 1 aliphatic heterocycles. The van der Waals surface area contributed by atoms with Crippen LogP contribution in [0.25, 0.3) is 11.3 Å². The third-order valence-corrected chi connectivity index (χ3v) is 4.46. The first-order chi connectivity index (χ1) is 12.4. The number of alkyl halides is 2. The van der Waals surface area contributed by atoms with Crippen LogP contribution in [-0.2, 0) is 11.3 Å². The number of hydrogen-bond acceptors (Lipinski definition) is 5. The minimum absolute atomic E-state index is 0.118. The number of nitrogens with two attached hydrogens (primary N) is 1. The predicted octanol–water partition coefficient (Wildman–Crippen LogP) is 2.19. The summed E-state index contributed by atoms with van der Waals surface area (Å²) in [6, 6.07) is 6.21. The Labute approximate surface area is 150 Å². The van der Waals surface area contributed by atoms with Gasteiger partial charge in [0.2, 0.25) is 6.41 Å². The first-order valence-corrected chi connectivity index (χ1v) is 8.37. The Kier molecular flexibility index (Phi) is 5.24. The van der Waals surface area contributed by atoms with E-state index in [2.05, 4.69) is 15.3 Å². The molecule has 138 valence electrons. The number of aromatic nitrogens is 2. The molecule has 2 aromatic heterocycles. The van der Waals surface area contributed by atoms with Gasteiger partial charge in [0.25, 0.3) is 5.92 Å². The molecule has 3 N–H and O–H groups in total. The fourth-order valence-electron chi connectivity index (χ4n) is 2.98. The summed E-state index contributed by atoms with van der Waals surface area (Å²) >= 11 is 0. The first kappa shape index (κ1) is 18.3. The Morgan fingerprint density at radius 2 is 2.23 bits per heavy atom. The zero-order valence-electron chi connectivity index (χ0n) is 14.5. The molecular weight excluding hydrogens is 340 g/mol. The van der Waals surface area contributed by atoms with Gasteiger partial charge in [0, 0.05) is 43.5 Å². The van der Waals surface area contributed by atoms with E-state index in [1.54, 1.807) is 12.3 Å². The number of likely N-dealkylation sites (tertiary alicyclic amines) is 1. The maximum atomic E-state index is 13.6. The quantitative estimate of drug-likeness (QED) is 0.798. The summed E-state index contributed by atoms with van der Waals surface area (Å²) in [7, 11) is 0. The van der Waals surface area contributed by atoms with E-state index in [9.17, 15) is 13.6 Å². The largest absolute Gasteiger partial charge is 0.322 e. The van der Waals surface area contributed by atoms with Gasteiger partial charge >= 0.3 is 0 Å². The molecular formula is C18H21F2N5O. The maximum absolute atomic E-state index is 13.6. The van der Waals surface area contributed by atoms with Gasteiger partial charge in [-0.2, -0.15) is 0 Å². The second kappa shape index (κ2) is 7.43. The molecule has 0 spiro atoms. The van der Waals surface area contributed by atoms with Gasteiger partial charge in [0.1, 0.15) is 5.82 Å². The number of nitrogens with zero attached hydrogens (tertiary/aromatic N) is 3. The van der Waals surface area contributed by atoms with Crippen molar-refractivity contribution in [1.82, 2.24) is 14.9 Å². The highest BCUT2D eigenvalue weighted by Crippen LogP contribution is 2.28. The van der Waals surface area contributed by atoms with Crippen LogP contribution in [0.3, 0.4) is 0 Å². The number of pyridine rings is 2. The van der Waals surface area contributed by atoms with Crippen LogP contribution < -0.4 is 11.1 Å². The number of nitrogens with one attached hydrogen (secondary N) is 1. The molecule has 1 amide bonds. The summed E-state index contributed by atoms with van der Waals surface area (Å²) < 4.78 is 27.2. The van der Waals surface area contributed by atoms with Crippen molar-refractivity contribution in [2.45, 2.75) is 31.9 Å². The Balaban J connectivity index is 1.84. The first-order valence-electron chi connectivity index (χ1n) is 8.37. The van der Waals surface area contributed by atoms with Crippen molar-refractivity contribution in [2.75, 3.05) is 18.4 Å². The molecule has 3 rings (SSSR count). The van der Waals surface area contributed by atoms with Crippen LogP contribution >= 0.6 is 0 Å². The topological polar surface area (TPSA) is 84.1 Å². The number of amides is 1. The summed E-state index contributed by atoms with van der Waals surface area (Å²) in [6.45, 7) is 2.72. The Bertz CT molecular complexity index is 782. The minimum Gasteiger partial charge on any atom is -0.322 e. The average molecular weight is 361 g/mol. The summed E-state index contributed by atoms with van der Waals surface area (Å²) in [5.74, 6) is -2.42. The zero-order valence-corrected chi connectivity index (χ0v) is 14.5. The number of carbonyl (C=O) groups excluding carboxylic acids is 1. The zero-order chi connectivity index (χ0) is 18.7. The Hall–Kier alpha value is -2.45. The molecule has 0 aromatic carbocycles. The van der Waals surface area contributed by atoms with Crippen LogP contribution in [0, 0.1) is 6.92 Å². The van der Waals surface area contributed by atoms with Gasteiger partial charge < -0.3 is 11.1 Å². The smallest absolute Gasteiger partial charge is 0.265 e. The fraction of sp³-hybridized carbons (Fsp3) is 0.389. The van der Waals surface area contributed by atoms with Gasteiger partial charge in [0.05, 0.1) is 11.7 Å². The van der Waals surface area contributed by atoms with Crippen molar-refractivity contribution >= 4 is 12.2 Å². The molecule has 1 unspecified atom stereocenters. The van der Waals surface area contributed by atoms with Crippen LogP contribution in [0.4, 0.5) is 14.6 Å². The number of hydrogen-bond donors (Lipinski definition) is 2. The van der Waals surface area contributed by atoms with Gasteiger partial charge in [0.15, 0.2) is 0 Å². The highest BCUT2D eigenvalue weighted by Gasteiger charge is 2.41. The van der Waals surface area contributed by atoms with E-state index >= 15 is 0 Å². The molecule has 6 nitrogen and oxygen atoms in total. The Morgan fingerprint density at radius 3 is 2.88 bits per heavy atom. The van der Waals surface area contributed by atoms with Crippen molar-refractivity contribution in [2.24, 2.45) is 5.73 Å². The monoisotopic (exact) mass is 361 g/mol. The van der Waals surface area contributed by atoms with Crippen LogP contribution in [0.2, 0.25) is 0 Å². The fourth-order valence-corrected chi connectivity index (χ4v) is 2.98. The van der Waals surface area contributed by atoms with Gasteiger partial charge in [-0.25, -0.2) is 13.8 Å². The molecule has 26 heavy (non-hydrogen) atoms. The molecule has 0 radical (unpaired) electrons. The van der Waals surface area contributed by atoms with Gasteiger partial charge in [-0.3, -0.25) is 14.7 Å². The molecule has 0 aliphatic carbocycles. The van der Waals surface area contributed by atoms with E-state index in [0.717, 1.165) is 16.8 Å². The maximum Gasteiger partial charge on any atom is 0.265 e. The third-order valence-electron chi connectivity index (χ3n) is 4.46. The number of aryl methyl sites for hydroxylation is 1. The van der Waals surface area contributed by atoms with Crippen LogP contribution in [0.15, 0.2) is 30.5 Å².